The monoisotopic (exact) mass is 337 g/mol. The number of carbonyl (C=O) groups excluding carboxylic acids is 1. The highest BCUT2D eigenvalue weighted by molar-refractivity contribution is 7.99. The summed E-state index contributed by atoms with van der Waals surface area (Å²) in [7, 11) is 1.46. The number of primary amides is 1. The van der Waals surface area contributed by atoms with Crippen molar-refractivity contribution in [2.24, 2.45) is 10.8 Å². The number of ether oxygens (including phenoxy) is 1. The van der Waals surface area contributed by atoms with E-state index in [0.29, 0.717) is 16.5 Å². The molecule has 0 aliphatic heterocycles. The predicted molar refractivity (Wildman–Crippen MR) is 86.0 cm³/mol. The van der Waals surface area contributed by atoms with Crippen LogP contribution in [0.25, 0.3) is 0 Å². The number of amides is 1. The zero-order valence-corrected chi connectivity index (χ0v) is 12.9. The van der Waals surface area contributed by atoms with Gasteiger partial charge in [0, 0.05) is 0 Å². The minimum atomic E-state index is -0.482. The minimum absolute atomic E-state index is 0.00331. The number of nitrogens with two attached hydrogens (primary N) is 2. The second kappa shape index (κ2) is 7.35. The van der Waals surface area contributed by atoms with Crippen LogP contribution in [0.3, 0.4) is 0 Å². The number of aromatic nitrogens is 3. The molecular weight excluding hydrogens is 322 g/mol. The molecule has 2 rings (SSSR count). The van der Waals surface area contributed by atoms with Crippen LogP contribution in [0.5, 0.6) is 11.5 Å². The third kappa shape index (κ3) is 4.26. The summed E-state index contributed by atoms with van der Waals surface area (Å²) >= 11 is 1.06. The Morgan fingerprint density at radius 1 is 1.57 bits per heavy atom. The number of phenols is 1. The van der Waals surface area contributed by atoms with Gasteiger partial charge in [0.1, 0.15) is 0 Å². The third-order valence-corrected chi connectivity index (χ3v) is 3.55. The molecule has 1 amide bonds. The zero-order valence-electron chi connectivity index (χ0n) is 12.1. The number of carbonyl (C=O) groups is 1. The van der Waals surface area contributed by atoms with Gasteiger partial charge in [0.25, 0.3) is 5.95 Å². The van der Waals surface area contributed by atoms with Crippen LogP contribution in [0.15, 0.2) is 28.5 Å². The molecule has 0 saturated heterocycles. The van der Waals surface area contributed by atoms with Gasteiger partial charge in [-0.05, 0) is 23.8 Å². The van der Waals surface area contributed by atoms with Crippen LogP contribution in [0.1, 0.15) is 5.56 Å². The van der Waals surface area contributed by atoms with Crippen LogP contribution in [-0.2, 0) is 4.79 Å². The first-order valence-corrected chi connectivity index (χ1v) is 7.27. The van der Waals surface area contributed by atoms with E-state index >= 15 is 0 Å². The highest BCUT2D eigenvalue weighted by Gasteiger charge is 2.10. The first-order chi connectivity index (χ1) is 11.0. The van der Waals surface area contributed by atoms with Crippen molar-refractivity contribution in [2.45, 2.75) is 5.16 Å². The van der Waals surface area contributed by atoms with E-state index < -0.39 is 5.91 Å². The summed E-state index contributed by atoms with van der Waals surface area (Å²) in [6.07, 6.45) is 1.46. The Kier molecular flexibility index (Phi) is 5.25. The largest absolute Gasteiger partial charge is 0.504 e. The molecular formula is C12H15N7O3S. The molecule has 6 N–H and O–H groups in total. The minimum Gasteiger partial charge on any atom is -0.504 e. The average molecular weight is 337 g/mol. The maximum absolute atomic E-state index is 10.7. The van der Waals surface area contributed by atoms with Gasteiger partial charge >= 0.3 is 0 Å². The summed E-state index contributed by atoms with van der Waals surface area (Å²) in [4.78, 5) is 10.7. The molecule has 0 saturated carbocycles. The number of benzene rings is 1. The molecule has 0 spiro atoms. The molecule has 1 aromatic carbocycles. The van der Waals surface area contributed by atoms with E-state index in [0.717, 1.165) is 16.4 Å². The highest BCUT2D eigenvalue weighted by Crippen LogP contribution is 2.25. The van der Waals surface area contributed by atoms with E-state index in [1.165, 1.54) is 19.4 Å². The van der Waals surface area contributed by atoms with Crippen molar-refractivity contribution in [3.63, 3.8) is 0 Å². The molecule has 0 fully saturated rings. The van der Waals surface area contributed by atoms with Gasteiger partial charge in [-0.2, -0.15) is 5.10 Å². The average Bonchev–Trinajstić information content (AvgIpc) is 2.86. The fourth-order valence-corrected chi connectivity index (χ4v) is 2.13. The summed E-state index contributed by atoms with van der Waals surface area (Å²) in [6, 6.07) is 4.82. The normalized spacial score (nSPS) is 10.8. The number of hydrogen-bond donors (Lipinski definition) is 4. The number of methoxy groups -OCH3 is 1. The van der Waals surface area contributed by atoms with E-state index in [1.54, 1.807) is 12.1 Å². The number of aromatic hydroxyl groups is 1. The SMILES string of the molecule is COc1ccc(/C=N/Nc2nnc(SCC(N)=O)n2N)cc1O. The molecule has 0 aliphatic carbocycles. The van der Waals surface area contributed by atoms with Gasteiger partial charge in [0.2, 0.25) is 11.1 Å². The van der Waals surface area contributed by atoms with Crippen LogP contribution >= 0.6 is 11.8 Å². The van der Waals surface area contributed by atoms with E-state index in [-0.39, 0.29) is 17.5 Å². The van der Waals surface area contributed by atoms with Crippen molar-refractivity contribution in [3.05, 3.63) is 23.8 Å². The second-order valence-corrected chi connectivity index (χ2v) is 5.17. The lowest BCUT2D eigenvalue weighted by molar-refractivity contribution is -0.115. The fraction of sp³-hybridized carbons (Fsp3) is 0.167. The lowest BCUT2D eigenvalue weighted by atomic mass is 10.2. The number of thioether (sulfide) groups is 1. The van der Waals surface area contributed by atoms with Crippen LogP contribution in [-0.4, -0.2) is 45.0 Å². The Balaban J connectivity index is 2.00. The standard InChI is InChI=1S/C12H15N7O3S/c1-22-9-3-2-7(4-8(9)20)5-15-16-11-17-18-12(19(11)14)23-6-10(13)21/h2-5,20H,6,14H2,1H3,(H2,13,21)(H,16,17)/b15-5+. The molecule has 0 aliphatic rings. The molecule has 0 atom stereocenters. The summed E-state index contributed by atoms with van der Waals surface area (Å²) in [6.45, 7) is 0. The van der Waals surface area contributed by atoms with Crippen LogP contribution in [0, 0.1) is 0 Å². The van der Waals surface area contributed by atoms with Crippen molar-refractivity contribution < 1.29 is 14.6 Å². The molecule has 11 heteroatoms. The molecule has 10 nitrogen and oxygen atoms in total. The summed E-state index contributed by atoms with van der Waals surface area (Å²) in [5.41, 5.74) is 8.30. The Labute approximate surface area is 135 Å². The van der Waals surface area contributed by atoms with Crippen molar-refractivity contribution in [1.29, 1.82) is 0 Å². The zero-order chi connectivity index (χ0) is 16.8. The third-order valence-electron chi connectivity index (χ3n) is 2.59. The van der Waals surface area contributed by atoms with E-state index in [2.05, 4.69) is 20.7 Å². The predicted octanol–water partition coefficient (Wildman–Crippen LogP) is -0.271. The molecule has 0 bridgehead atoms. The van der Waals surface area contributed by atoms with E-state index in [9.17, 15) is 9.90 Å². The van der Waals surface area contributed by atoms with Crippen LogP contribution < -0.4 is 21.7 Å². The van der Waals surface area contributed by atoms with Gasteiger partial charge in [-0.15, -0.1) is 10.2 Å². The number of hydrazone groups is 1. The molecule has 1 aromatic heterocycles. The molecule has 2 aromatic rings. The number of hydrogen-bond acceptors (Lipinski definition) is 9. The summed E-state index contributed by atoms with van der Waals surface area (Å²) < 4.78 is 6.10. The number of nitrogen functional groups attached to an aromatic ring is 1. The Morgan fingerprint density at radius 3 is 3.00 bits per heavy atom. The van der Waals surface area contributed by atoms with Crippen molar-refractivity contribution in [1.82, 2.24) is 14.9 Å². The lowest BCUT2D eigenvalue weighted by Crippen LogP contribution is -2.16. The first-order valence-electron chi connectivity index (χ1n) is 6.29. The van der Waals surface area contributed by atoms with Crippen molar-refractivity contribution in [2.75, 3.05) is 24.1 Å². The molecule has 0 radical (unpaired) electrons. The Morgan fingerprint density at radius 2 is 2.35 bits per heavy atom. The topological polar surface area (TPSA) is 154 Å². The van der Waals surface area contributed by atoms with E-state index in [1.807, 2.05) is 0 Å². The van der Waals surface area contributed by atoms with Gasteiger partial charge in [0.15, 0.2) is 11.5 Å². The van der Waals surface area contributed by atoms with Gasteiger partial charge < -0.3 is 21.4 Å². The second-order valence-electron chi connectivity index (χ2n) is 4.23. The molecule has 23 heavy (non-hydrogen) atoms. The number of anilines is 1. The van der Waals surface area contributed by atoms with Crippen LogP contribution in [0.2, 0.25) is 0 Å². The molecule has 0 unspecified atom stereocenters. The highest BCUT2D eigenvalue weighted by atomic mass is 32.2. The van der Waals surface area contributed by atoms with Gasteiger partial charge in [-0.25, -0.2) is 10.1 Å². The molecule has 1 heterocycles. The van der Waals surface area contributed by atoms with Gasteiger partial charge in [-0.3, -0.25) is 4.79 Å². The maximum atomic E-state index is 10.7. The number of nitrogens with one attached hydrogen (secondary N) is 1. The lowest BCUT2D eigenvalue weighted by Gasteiger charge is -2.03. The Bertz CT molecular complexity index is 731. The summed E-state index contributed by atoms with van der Waals surface area (Å²) in [5, 5.41) is 21.5. The van der Waals surface area contributed by atoms with Gasteiger partial charge in [0.05, 0.1) is 19.1 Å². The summed E-state index contributed by atoms with van der Waals surface area (Å²) in [5.74, 6) is 5.88. The van der Waals surface area contributed by atoms with Crippen molar-refractivity contribution >= 4 is 29.8 Å². The smallest absolute Gasteiger partial charge is 0.264 e. The van der Waals surface area contributed by atoms with Gasteiger partial charge in [-0.1, -0.05) is 11.8 Å². The van der Waals surface area contributed by atoms with E-state index in [4.69, 9.17) is 16.3 Å². The number of rotatable bonds is 7. The Hall–Kier alpha value is -2.95. The van der Waals surface area contributed by atoms with Crippen molar-refractivity contribution in [3.8, 4) is 11.5 Å². The fourth-order valence-electron chi connectivity index (χ4n) is 1.54. The number of nitrogens with zero attached hydrogens (tertiary/aromatic N) is 4. The quantitative estimate of drug-likeness (QED) is 0.233. The maximum Gasteiger partial charge on any atom is 0.264 e. The molecule has 122 valence electrons. The van der Waals surface area contributed by atoms with Crippen LogP contribution in [0.4, 0.5) is 5.95 Å². The number of phenolic OH excluding ortho intramolecular Hbond substituents is 1. The first kappa shape index (κ1) is 16.4.